The Morgan fingerprint density at radius 3 is 2.06 bits per heavy atom. The highest BCUT2D eigenvalue weighted by Crippen LogP contribution is 2.17. The zero-order chi connectivity index (χ0) is 37.2. The number of carbonyl (C=O) groups excluding carboxylic acids is 4. The number of nitrogens with zero attached hydrogens (tertiary/aromatic N) is 1. The first-order valence-corrected chi connectivity index (χ1v) is 17.4. The van der Waals surface area contributed by atoms with Crippen LogP contribution < -0.4 is 43.8 Å². The number of hydrogen-bond acceptors (Lipinski definition) is 9. The third kappa shape index (κ3) is 15.0. The van der Waals surface area contributed by atoms with Gasteiger partial charge in [0.2, 0.25) is 23.6 Å². The van der Waals surface area contributed by atoms with E-state index in [2.05, 4.69) is 44.2 Å². The van der Waals surface area contributed by atoms with Gasteiger partial charge < -0.3 is 48.9 Å². The zero-order valence-electron chi connectivity index (χ0n) is 29.0. The zero-order valence-corrected chi connectivity index (χ0v) is 29.9. The van der Waals surface area contributed by atoms with Crippen molar-refractivity contribution >= 4 is 59.0 Å². The summed E-state index contributed by atoms with van der Waals surface area (Å²) in [7, 11) is 0. The number of amides is 4. The molecule has 2 aromatic rings. The van der Waals surface area contributed by atoms with Crippen molar-refractivity contribution in [1.82, 2.24) is 26.6 Å². The Kier molecular flexibility index (Phi) is 18.1. The van der Waals surface area contributed by atoms with Crippen LogP contribution in [0.1, 0.15) is 58.4 Å². The van der Waals surface area contributed by atoms with Gasteiger partial charge in [0.05, 0.1) is 6.04 Å². The summed E-state index contributed by atoms with van der Waals surface area (Å²) >= 11 is 3.96. The van der Waals surface area contributed by atoms with Crippen molar-refractivity contribution in [3.05, 3.63) is 48.0 Å². The van der Waals surface area contributed by atoms with E-state index in [-0.39, 0.29) is 31.1 Å². The molecule has 2 aromatic carbocycles. The molecule has 0 spiro atoms. The lowest BCUT2D eigenvalue weighted by Gasteiger charge is -2.25. The summed E-state index contributed by atoms with van der Waals surface area (Å²) in [6.07, 6.45) is 2.47. The molecule has 12 N–H and O–H groups in total. The van der Waals surface area contributed by atoms with E-state index in [4.69, 9.17) is 17.2 Å². The Labute approximate surface area is 298 Å². The molecule has 0 aliphatic heterocycles. The Bertz CT molecular complexity index is 1470. The van der Waals surface area contributed by atoms with E-state index < -0.39 is 59.8 Å². The van der Waals surface area contributed by atoms with Gasteiger partial charge in [-0.3, -0.25) is 24.2 Å². The predicted molar refractivity (Wildman–Crippen MR) is 197 cm³/mol. The maximum absolute atomic E-state index is 13.8. The number of carbonyl (C=O) groups is 5. The largest absolute Gasteiger partial charge is 0.480 e. The third-order valence-electron chi connectivity index (χ3n) is 7.85. The number of carboxylic acid groups (broad SMARTS) is 1. The van der Waals surface area contributed by atoms with Crippen molar-refractivity contribution in [3.63, 3.8) is 0 Å². The summed E-state index contributed by atoms with van der Waals surface area (Å²) in [4.78, 5) is 68.6. The van der Waals surface area contributed by atoms with Crippen LogP contribution in [0.2, 0.25) is 0 Å². The first-order chi connectivity index (χ1) is 23.7. The maximum atomic E-state index is 13.8. The van der Waals surface area contributed by atoms with E-state index in [1.54, 1.807) is 0 Å². The number of hydrogen-bond donors (Lipinski definition) is 10. The SMILES string of the molecule is CC(C)NCCCC[C@H](N)C(=O)N[C@H](CCCN=C(N)N)C(=O)N[C@@H](Cc1ccc2ccccc2c1)C(=O)N[C@H](C)C(=O)N[C@H](CS)C(=O)O. The molecule has 0 unspecified atom stereocenters. The molecule has 0 saturated heterocycles. The van der Waals surface area contributed by atoms with Gasteiger partial charge in [-0.2, -0.15) is 12.6 Å². The molecule has 15 nitrogen and oxygen atoms in total. The normalized spacial score (nSPS) is 14.1. The second kappa shape index (κ2) is 21.6. The van der Waals surface area contributed by atoms with Crippen LogP contribution in [0.3, 0.4) is 0 Å². The average molecular weight is 716 g/mol. The standard InChI is InChI=1S/C34H53N9O6S/c1-20(2)38-15-7-6-11-25(35)30(45)41-26(12-8-16-39-34(36)37)31(46)42-27(18-22-13-14-23-9-4-5-10-24(23)17-22)32(47)40-21(3)29(44)43-28(19-50)33(48)49/h4-5,9-10,13-14,17,20-21,25-28,38,50H,6-8,11-12,15-16,18-19,35H2,1-3H3,(H,40,47)(H,41,45)(H,42,46)(H,43,44)(H,48,49)(H4,36,37,39)/t21-,25+,26-,27+,28-/m1/s1. The lowest BCUT2D eigenvalue weighted by Crippen LogP contribution is -2.58. The number of guanidine groups is 1. The minimum absolute atomic E-state index is 0.0454. The number of aliphatic imine (C=N–C) groups is 1. The van der Waals surface area contributed by atoms with Gasteiger partial charge in [0.15, 0.2) is 5.96 Å². The number of nitrogens with two attached hydrogens (primary N) is 3. The number of carboxylic acids is 1. The molecule has 0 bridgehead atoms. The number of thiol groups is 1. The lowest BCUT2D eigenvalue weighted by atomic mass is 10.00. The van der Waals surface area contributed by atoms with E-state index >= 15 is 0 Å². The van der Waals surface area contributed by atoms with Crippen molar-refractivity contribution in [2.45, 2.75) is 95.5 Å². The number of aliphatic carboxylic acids is 1. The lowest BCUT2D eigenvalue weighted by molar-refractivity contribution is -0.141. The molecule has 0 fully saturated rings. The summed E-state index contributed by atoms with van der Waals surface area (Å²) in [5.41, 5.74) is 17.8. The van der Waals surface area contributed by atoms with Crippen molar-refractivity contribution in [2.24, 2.45) is 22.2 Å². The van der Waals surface area contributed by atoms with Crippen molar-refractivity contribution < 1.29 is 29.1 Å². The molecule has 0 saturated carbocycles. The summed E-state index contributed by atoms with van der Waals surface area (Å²) in [5, 5.41) is 24.9. The Hall–Kier alpha value is -4.41. The predicted octanol–water partition coefficient (Wildman–Crippen LogP) is -0.0950. The molecule has 0 aromatic heterocycles. The summed E-state index contributed by atoms with van der Waals surface area (Å²) in [6, 6.07) is 8.11. The maximum Gasteiger partial charge on any atom is 0.327 e. The van der Waals surface area contributed by atoms with Gasteiger partial charge in [-0.05, 0) is 55.5 Å². The number of unbranched alkanes of at least 4 members (excludes halogenated alkanes) is 1. The van der Waals surface area contributed by atoms with E-state index in [0.29, 0.717) is 25.3 Å². The molecule has 0 aliphatic rings. The fourth-order valence-electron chi connectivity index (χ4n) is 5.01. The van der Waals surface area contributed by atoms with Crippen molar-refractivity contribution in [1.29, 1.82) is 0 Å². The van der Waals surface area contributed by atoms with E-state index in [1.165, 1.54) is 6.92 Å². The molecule has 0 radical (unpaired) electrons. The van der Waals surface area contributed by atoms with Gasteiger partial charge >= 0.3 is 5.97 Å². The second-order valence-electron chi connectivity index (χ2n) is 12.5. The van der Waals surface area contributed by atoms with Crippen LogP contribution in [0, 0.1) is 0 Å². The molecule has 5 atom stereocenters. The van der Waals surface area contributed by atoms with Crippen LogP contribution in [0.5, 0.6) is 0 Å². The smallest absolute Gasteiger partial charge is 0.327 e. The molecular weight excluding hydrogens is 662 g/mol. The molecule has 276 valence electrons. The fourth-order valence-corrected chi connectivity index (χ4v) is 5.25. The monoisotopic (exact) mass is 715 g/mol. The molecule has 0 heterocycles. The minimum Gasteiger partial charge on any atom is -0.480 e. The third-order valence-corrected chi connectivity index (χ3v) is 8.21. The van der Waals surface area contributed by atoms with Gasteiger partial charge in [0.1, 0.15) is 24.2 Å². The van der Waals surface area contributed by atoms with Crippen LogP contribution in [0.25, 0.3) is 10.8 Å². The quantitative estimate of drug-likeness (QED) is 0.0335. The summed E-state index contributed by atoms with van der Waals surface area (Å²) < 4.78 is 0. The molecule has 16 heteroatoms. The number of benzene rings is 2. The van der Waals surface area contributed by atoms with Crippen molar-refractivity contribution in [2.75, 3.05) is 18.8 Å². The number of rotatable bonds is 22. The Morgan fingerprint density at radius 2 is 1.42 bits per heavy atom. The van der Waals surface area contributed by atoms with Gasteiger partial charge in [-0.25, -0.2) is 4.79 Å². The second-order valence-corrected chi connectivity index (χ2v) is 12.8. The van der Waals surface area contributed by atoms with Crippen LogP contribution in [0.15, 0.2) is 47.5 Å². The molecule has 0 aliphatic carbocycles. The van der Waals surface area contributed by atoms with Gasteiger partial charge in [-0.15, -0.1) is 0 Å². The topological polar surface area (TPSA) is 256 Å². The minimum atomic E-state index is -1.27. The van der Waals surface area contributed by atoms with Crippen LogP contribution in [0.4, 0.5) is 0 Å². The Morgan fingerprint density at radius 1 is 0.780 bits per heavy atom. The van der Waals surface area contributed by atoms with Crippen molar-refractivity contribution in [3.8, 4) is 0 Å². The first-order valence-electron chi connectivity index (χ1n) is 16.8. The average Bonchev–Trinajstić information content (AvgIpc) is 3.07. The van der Waals surface area contributed by atoms with Gasteiger partial charge in [0, 0.05) is 24.8 Å². The van der Waals surface area contributed by atoms with Crippen LogP contribution in [-0.4, -0.2) is 95.8 Å². The van der Waals surface area contributed by atoms with Crippen LogP contribution in [-0.2, 0) is 30.4 Å². The van der Waals surface area contributed by atoms with E-state index in [9.17, 15) is 29.1 Å². The highest BCUT2D eigenvalue weighted by Gasteiger charge is 2.30. The fraction of sp³-hybridized carbons (Fsp3) is 0.529. The number of nitrogens with one attached hydrogen (secondary N) is 5. The molecule has 2 rings (SSSR count). The molecular formula is C34H53N9O6S. The molecule has 50 heavy (non-hydrogen) atoms. The molecule has 4 amide bonds. The Balaban J connectivity index is 2.27. The van der Waals surface area contributed by atoms with Gasteiger partial charge in [0.25, 0.3) is 0 Å². The highest BCUT2D eigenvalue weighted by molar-refractivity contribution is 7.80. The van der Waals surface area contributed by atoms with Crippen LogP contribution >= 0.6 is 12.6 Å². The first kappa shape index (κ1) is 41.8. The summed E-state index contributed by atoms with van der Waals surface area (Å²) in [5.74, 6) is -4.13. The number of fused-ring (bicyclic) bond motifs is 1. The van der Waals surface area contributed by atoms with E-state index in [0.717, 1.165) is 29.3 Å². The van der Waals surface area contributed by atoms with E-state index in [1.807, 2.05) is 56.3 Å². The highest BCUT2D eigenvalue weighted by atomic mass is 32.1. The van der Waals surface area contributed by atoms with Gasteiger partial charge in [-0.1, -0.05) is 62.7 Å². The summed E-state index contributed by atoms with van der Waals surface area (Å²) in [6.45, 7) is 6.48.